The lowest BCUT2D eigenvalue weighted by Gasteiger charge is -2.39. The Hall–Kier alpha value is -6.01. The molecule has 3 atom stereocenters. The summed E-state index contributed by atoms with van der Waals surface area (Å²) < 4.78 is 72.9. The summed E-state index contributed by atoms with van der Waals surface area (Å²) in [6.07, 6.45) is 6.04. The molecule has 344 valence electrons. The number of hydrogen-bond acceptors (Lipinski definition) is 12. The predicted molar refractivity (Wildman–Crippen MR) is 235 cm³/mol. The Bertz CT molecular complexity index is 2720. The summed E-state index contributed by atoms with van der Waals surface area (Å²) in [5, 5.41) is 15.4. The molecule has 3 N–H and O–H groups in total. The fourth-order valence-electron chi connectivity index (χ4n) is 9.20. The molecule has 0 radical (unpaired) electrons. The second kappa shape index (κ2) is 18.8. The lowest BCUT2D eigenvalue weighted by molar-refractivity contribution is -0.137. The van der Waals surface area contributed by atoms with Gasteiger partial charge in [-0.3, -0.25) is 38.7 Å². The van der Waals surface area contributed by atoms with Crippen molar-refractivity contribution in [2.45, 2.75) is 81.9 Å². The van der Waals surface area contributed by atoms with Crippen LogP contribution in [-0.2, 0) is 29.3 Å². The van der Waals surface area contributed by atoms with Crippen LogP contribution in [0.2, 0.25) is 0 Å². The molecule has 4 fully saturated rings. The highest BCUT2D eigenvalue weighted by Crippen LogP contribution is 2.41. The van der Waals surface area contributed by atoms with E-state index in [1.54, 1.807) is 19.1 Å². The number of amides is 3. The van der Waals surface area contributed by atoms with Crippen molar-refractivity contribution in [2.75, 3.05) is 63.0 Å². The zero-order valence-electron chi connectivity index (χ0n) is 36.1. The fraction of sp³-hybridized carbons (Fsp3) is 0.467. The van der Waals surface area contributed by atoms with Crippen LogP contribution < -0.4 is 25.7 Å². The first kappa shape index (κ1) is 45.6. The molecule has 0 bridgehead atoms. The summed E-state index contributed by atoms with van der Waals surface area (Å²) in [6.45, 7) is 4.67. The van der Waals surface area contributed by atoms with Crippen LogP contribution in [0.4, 0.5) is 20.2 Å². The van der Waals surface area contributed by atoms with Crippen LogP contribution in [0, 0.1) is 23.0 Å². The van der Waals surface area contributed by atoms with Gasteiger partial charge in [0.25, 0.3) is 5.56 Å². The SMILES string of the molecule is CCN(C)S(=O)(=O)Nc1ccc(F)c(Oc2ccc3ncn(C4COC5(CCN(C(=O)CN6CCCC(c7ccc(NC8CCC(=O)NC8=O)cc7F)CC6)CC5)C4)c(=O)c3c2)c1C#N. The van der Waals surface area contributed by atoms with Crippen molar-refractivity contribution < 1.29 is 41.1 Å². The summed E-state index contributed by atoms with van der Waals surface area (Å²) in [5.74, 6) is -2.45. The molecule has 0 aliphatic carbocycles. The third-order valence-corrected chi connectivity index (χ3v) is 14.7. The highest BCUT2D eigenvalue weighted by atomic mass is 32.2. The highest BCUT2D eigenvalue weighted by molar-refractivity contribution is 7.90. The number of nitrogens with one attached hydrogen (secondary N) is 3. The van der Waals surface area contributed by atoms with Crippen molar-refractivity contribution in [3.8, 4) is 17.6 Å². The number of nitriles is 1. The fourth-order valence-corrected chi connectivity index (χ4v) is 10.1. The van der Waals surface area contributed by atoms with E-state index in [0.717, 1.165) is 35.8 Å². The van der Waals surface area contributed by atoms with Gasteiger partial charge in [0, 0.05) is 38.8 Å². The standard InChI is InChI=1S/C45H51F2N9O8S/c1-3-53(2)65(61,62)52-38-11-9-35(46)42(34(38)24-48)64-31-7-10-37-33(22-31)44(60)56(27-49-37)30-23-45(63-26-30)15-19-55(20-16-45)41(58)25-54-17-4-5-28(14-18-54)32-8-6-29(21-36(32)47)50-39-12-13-40(57)51-43(39)59/h6-11,21-22,27-28,30,39,50,52H,3-5,12-20,23,25-26H2,1-2H3,(H,51,57,59). The van der Waals surface area contributed by atoms with E-state index in [4.69, 9.17) is 9.47 Å². The summed E-state index contributed by atoms with van der Waals surface area (Å²) in [4.78, 5) is 59.7. The van der Waals surface area contributed by atoms with Gasteiger partial charge in [-0.25, -0.2) is 13.8 Å². The molecule has 0 saturated carbocycles. The van der Waals surface area contributed by atoms with Crippen LogP contribution in [0.5, 0.6) is 11.5 Å². The number of carbonyl (C=O) groups excluding carboxylic acids is 3. The molecule has 5 heterocycles. The molecule has 3 aromatic carbocycles. The molecular formula is C45H51F2N9O8S. The van der Waals surface area contributed by atoms with Crippen LogP contribution in [-0.4, -0.2) is 114 Å². The Morgan fingerprint density at radius 3 is 2.58 bits per heavy atom. The second-order valence-corrected chi connectivity index (χ2v) is 19.0. The minimum Gasteiger partial charge on any atom is -0.453 e. The van der Waals surface area contributed by atoms with Gasteiger partial charge in [-0.15, -0.1) is 0 Å². The normalized spacial score (nSPS) is 21.5. The van der Waals surface area contributed by atoms with Crippen LogP contribution in [0.15, 0.2) is 59.7 Å². The largest absolute Gasteiger partial charge is 0.453 e. The molecule has 1 spiro atoms. The van der Waals surface area contributed by atoms with Gasteiger partial charge in [0.2, 0.25) is 17.7 Å². The van der Waals surface area contributed by atoms with Crippen molar-refractivity contribution in [2.24, 2.45) is 0 Å². The van der Waals surface area contributed by atoms with E-state index >= 15 is 8.78 Å². The van der Waals surface area contributed by atoms with E-state index < -0.39 is 39.3 Å². The maximum atomic E-state index is 15.4. The van der Waals surface area contributed by atoms with Crippen LogP contribution in [0.1, 0.15) is 81.4 Å². The van der Waals surface area contributed by atoms with Crippen molar-refractivity contribution >= 4 is 50.2 Å². The number of hydrogen-bond donors (Lipinski definition) is 3. The molecule has 4 aromatic rings. The van der Waals surface area contributed by atoms with Gasteiger partial charge in [-0.2, -0.15) is 18.0 Å². The van der Waals surface area contributed by atoms with E-state index in [1.807, 2.05) is 11.0 Å². The number of nitrogens with zero attached hydrogens (tertiary/aromatic N) is 6. The first-order valence-corrected chi connectivity index (χ1v) is 23.3. The minimum absolute atomic E-state index is 0.0155. The first-order valence-electron chi connectivity index (χ1n) is 21.8. The molecule has 1 aromatic heterocycles. The second-order valence-electron chi connectivity index (χ2n) is 17.2. The van der Waals surface area contributed by atoms with Gasteiger partial charge in [0.15, 0.2) is 11.6 Å². The predicted octanol–water partition coefficient (Wildman–Crippen LogP) is 4.76. The van der Waals surface area contributed by atoms with Crippen LogP contribution in [0.25, 0.3) is 10.9 Å². The number of fused-ring (bicyclic) bond motifs is 1. The molecule has 8 rings (SSSR count). The number of piperidine rings is 2. The molecule has 65 heavy (non-hydrogen) atoms. The molecule has 4 aliphatic rings. The molecule has 4 saturated heterocycles. The molecule has 17 nitrogen and oxygen atoms in total. The maximum Gasteiger partial charge on any atom is 0.301 e. The monoisotopic (exact) mass is 915 g/mol. The van der Waals surface area contributed by atoms with Crippen LogP contribution in [0.3, 0.4) is 0 Å². The van der Waals surface area contributed by atoms with E-state index in [9.17, 15) is 32.9 Å². The summed E-state index contributed by atoms with van der Waals surface area (Å²) in [6, 6.07) is 12.4. The number of rotatable bonds is 12. The third-order valence-electron chi connectivity index (χ3n) is 13.1. The zero-order chi connectivity index (χ0) is 46.0. The number of likely N-dealkylation sites (tertiary alicyclic amines) is 2. The van der Waals surface area contributed by atoms with Crippen molar-refractivity contribution in [1.82, 2.24) is 29.0 Å². The van der Waals surface area contributed by atoms with Crippen molar-refractivity contribution in [3.05, 3.63) is 88.0 Å². The van der Waals surface area contributed by atoms with Crippen LogP contribution >= 0.6 is 0 Å². The Balaban J connectivity index is 0.856. The van der Waals surface area contributed by atoms with Crippen molar-refractivity contribution in [3.63, 3.8) is 0 Å². The number of imide groups is 1. The smallest absolute Gasteiger partial charge is 0.301 e. The van der Waals surface area contributed by atoms with Gasteiger partial charge >= 0.3 is 10.2 Å². The summed E-state index contributed by atoms with van der Waals surface area (Å²) in [7, 11) is -2.68. The average Bonchev–Trinajstić information content (AvgIpc) is 3.54. The van der Waals surface area contributed by atoms with E-state index in [0.29, 0.717) is 68.5 Å². The summed E-state index contributed by atoms with van der Waals surface area (Å²) in [5.41, 5.74) is 0.00951. The number of carbonyl (C=O) groups is 3. The Morgan fingerprint density at radius 1 is 1.05 bits per heavy atom. The topological polar surface area (TPSA) is 208 Å². The third kappa shape index (κ3) is 9.83. The highest BCUT2D eigenvalue weighted by Gasteiger charge is 2.44. The number of anilines is 2. The molecule has 3 amide bonds. The Kier molecular flexibility index (Phi) is 13.2. The van der Waals surface area contributed by atoms with Gasteiger partial charge in [0.1, 0.15) is 29.2 Å². The number of ether oxygens (including phenoxy) is 2. The van der Waals surface area contributed by atoms with E-state index in [2.05, 4.69) is 25.2 Å². The van der Waals surface area contributed by atoms with Gasteiger partial charge < -0.3 is 19.7 Å². The Morgan fingerprint density at radius 2 is 1.85 bits per heavy atom. The van der Waals surface area contributed by atoms with Gasteiger partial charge in [0.05, 0.1) is 47.7 Å². The Labute approximate surface area is 374 Å². The van der Waals surface area contributed by atoms with E-state index in [-0.39, 0.29) is 83.7 Å². The molecule has 20 heteroatoms. The number of halogens is 2. The zero-order valence-corrected chi connectivity index (χ0v) is 37.0. The molecular weight excluding hydrogens is 865 g/mol. The minimum atomic E-state index is -4.03. The number of benzene rings is 3. The number of aromatic nitrogens is 2. The lowest BCUT2D eigenvalue weighted by atomic mass is 9.87. The van der Waals surface area contributed by atoms with Gasteiger partial charge in [-0.05, 0) is 112 Å². The first-order chi connectivity index (χ1) is 31.2. The van der Waals surface area contributed by atoms with Crippen molar-refractivity contribution in [1.29, 1.82) is 5.26 Å². The van der Waals surface area contributed by atoms with E-state index in [1.165, 1.54) is 42.2 Å². The molecule has 4 aliphatic heterocycles. The quantitative estimate of drug-likeness (QED) is 0.165. The average molecular weight is 916 g/mol. The van der Waals surface area contributed by atoms with Gasteiger partial charge in [-0.1, -0.05) is 13.0 Å². The maximum absolute atomic E-state index is 15.4. The summed E-state index contributed by atoms with van der Waals surface area (Å²) >= 11 is 0. The lowest BCUT2D eigenvalue weighted by Crippen LogP contribution is -2.49. The molecule has 3 unspecified atom stereocenters.